The SMILES string of the molecule is BC(B)(B)N1C(=O)CC2(CCN(C3CC4(CCN(C(=O)OCC)C4)C3)CC2)N1CCC. The molecule has 0 atom stereocenters. The molecule has 4 fully saturated rings. The van der Waals surface area contributed by atoms with Gasteiger partial charge in [-0.3, -0.25) is 9.80 Å². The number of likely N-dealkylation sites (tertiary alicyclic amines) is 2. The molecule has 0 N–H and O–H groups in total. The molecule has 0 bridgehead atoms. The van der Waals surface area contributed by atoms with Crippen LogP contribution < -0.4 is 0 Å². The van der Waals surface area contributed by atoms with Gasteiger partial charge in [0, 0.05) is 45.2 Å². The zero-order valence-electron chi connectivity index (χ0n) is 20.3. The van der Waals surface area contributed by atoms with Crippen LogP contribution in [-0.2, 0) is 9.53 Å². The number of amides is 2. The van der Waals surface area contributed by atoms with E-state index < -0.39 is 0 Å². The zero-order chi connectivity index (χ0) is 22.4. The van der Waals surface area contributed by atoms with Crippen molar-refractivity contribution < 1.29 is 14.3 Å². The van der Waals surface area contributed by atoms with E-state index in [0.717, 1.165) is 58.4 Å². The molecule has 0 unspecified atom stereocenters. The van der Waals surface area contributed by atoms with Crippen molar-refractivity contribution in [1.82, 2.24) is 19.8 Å². The van der Waals surface area contributed by atoms with Gasteiger partial charge in [-0.25, -0.2) is 9.80 Å². The van der Waals surface area contributed by atoms with Crippen molar-refractivity contribution in [3.8, 4) is 0 Å². The van der Waals surface area contributed by atoms with Crippen molar-refractivity contribution in [1.29, 1.82) is 0 Å². The third-order valence-electron chi connectivity index (χ3n) is 8.12. The van der Waals surface area contributed by atoms with Gasteiger partial charge in [-0.1, -0.05) is 6.92 Å². The first-order chi connectivity index (χ1) is 14.6. The highest BCUT2D eigenvalue weighted by Gasteiger charge is 2.56. The predicted molar refractivity (Wildman–Crippen MR) is 129 cm³/mol. The number of hydrogen-bond acceptors (Lipinski definition) is 5. The molecular weight excluding hydrogens is 389 g/mol. The molecule has 4 aliphatic rings. The van der Waals surface area contributed by atoms with Crippen molar-refractivity contribution in [2.75, 3.05) is 39.3 Å². The molecule has 2 amide bonds. The zero-order valence-corrected chi connectivity index (χ0v) is 20.3. The first-order valence-electron chi connectivity index (χ1n) is 12.4. The third-order valence-corrected chi connectivity index (χ3v) is 8.12. The highest BCUT2D eigenvalue weighted by atomic mass is 16.6. The summed E-state index contributed by atoms with van der Waals surface area (Å²) >= 11 is 0. The predicted octanol–water partition coefficient (Wildman–Crippen LogP) is -0.798. The summed E-state index contributed by atoms with van der Waals surface area (Å²) in [4.78, 5) is 29.6. The smallest absolute Gasteiger partial charge is 0.409 e. The summed E-state index contributed by atoms with van der Waals surface area (Å²) in [5.74, 6) is 0.294. The Kier molecular flexibility index (Phi) is 6.18. The second-order valence-electron chi connectivity index (χ2n) is 11.4. The largest absolute Gasteiger partial charge is 0.450 e. The highest BCUT2D eigenvalue weighted by Crippen LogP contribution is 2.51. The minimum Gasteiger partial charge on any atom is -0.450 e. The van der Waals surface area contributed by atoms with Gasteiger partial charge < -0.3 is 14.5 Å². The normalized spacial score (nSPS) is 31.5. The minimum atomic E-state index is -0.166. The Morgan fingerprint density at radius 3 is 2.39 bits per heavy atom. The molecule has 3 heterocycles. The second-order valence-corrected chi connectivity index (χ2v) is 11.4. The van der Waals surface area contributed by atoms with Crippen LogP contribution in [0.1, 0.15) is 58.8 Å². The van der Waals surface area contributed by atoms with E-state index in [-0.39, 0.29) is 16.9 Å². The van der Waals surface area contributed by atoms with Gasteiger partial charge in [0.05, 0.1) is 12.1 Å². The molecule has 0 radical (unpaired) electrons. The molecule has 0 aromatic carbocycles. The number of carbonyl (C=O) groups excluding carboxylic acids is 2. The molecule has 31 heavy (non-hydrogen) atoms. The van der Waals surface area contributed by atoms with Crippen molar-refractivity contribution >= 4 is 35.5 Å². The monoisotopic (exact) mass is 428 g/mol. The van der Waals surface area contributed by atoms with E-state index in [0.29, 0.717) is 30.4 Å². The highest BCUT2D eigenvalue weighted by molar-refractivity contribution is 6.59. The van der Waals surface area contributed by atoms with Crippen LogP contribution in [0.2, 0.25) is 0 Å². The summed E-state index contributed by atoms with van der Waals surface area (Å²) in [5.41, 5.74) is 0.319. The molecule has 3 aliphatic heterocycles. The molecule has 0 aromatic rings. The number of hydrogen-bond donors (Lipinski definition) is 0. The Labute approximate surface area is 190 Å². The number of rotatable bonds is 5. The summed E-state index contributed by atoms with van der Waals surface area (Å²) in [7, 11) is 6.45. The van der Waals surface area contributed by atoms with Gasteiger partial charge in [-0.05, 0) is 56.1 Å². The van der Waals surface area contributed by atoms with Gasteiger partial charge in [0.1, 0.15) is 23.5 Å². The van der Waals surface area contributed by atoms with Crippen molar-refractivity contribution in [3.05, 3.63) is 0 Å². The fourth-order valence-corrected chi connectivity index (χ4v) is 6.66. The van der Waals surface area contributed by atoms with Gasteiger partial charge >= 0.3 is 6.09 Å². The Hall–Kier alpha value is -1.15. The topological polar surface area (TPSA) is 56.3 Å². The summed E-state index contributed by atoms with van der Waals surface area (Å²) in [6.45, 7) is 9.34. The minimum absolute atomic E-state index is 0.00633. The van der Waals surface area contributed by atoms with Crippen LogP contribution in [0.5, 0.6) is 0 Å². The lowest BCUT2D eigenvalue weighted by molar-refractivity contribution is -0.144. The number of hydrazine groups is 1. The maximum absolute atomic E-state index is 13.0. The van der Waals surface area contributed by atoms with E-state index in [2.05, 4.69) is 45.4 Å². The van der Waals surface area contributed by atoms with Gasteiger partial charge in [0.15, 0.2) is 0 Å². The maximum Gasteiger partial charge on any atom is 0.409 e. The Morgan fingerprint density at radius 1 is 1.13 bits per heavy atom. The van der Waals surface area contributed by atoms with E-state index in [4.69, 9.17) is 4.74 Å². The quantitative estimate of drug-likeness (QED) is 0.538. The van der Waals surface area contributed by atoms with Crippen LogP contribution in [0, 0.1) is 5.41 Å². The summed E-state index contributed by atoms with van der Waals surface area (Å²) in [5, 5.41) is 4.33. The molecule has 1 saturated carbocycles. The van der Waals surface area contributed by atoms with E-state index in [1.54, 1.807) is 0 Å². The number of nitrogens with zero attached hydrogens (tertiary/aromatic N) is 4. The summed E-state index contributed by atoms with van der Waals surface area (Å²) < 4.78 is 5.20. The molecule has 1 aliphatic carbocycles. The average molecular weight is 428 g/mol. The number of piperidine rings is 1. The van der Waals surface area contributed by atoms with Crippen molar-refractivity contribution in [2.24, 2.45) is 5.41 Å². The lowest BCUT2D eigenvalue weighted by atomic mass is 9.49. The number of carbonyl (C=O) groups is 2. The first-order valence-corrected chi connectivity index (χ1v) is 12.4. The molecule has 170 valence electrons. The summed E-state index contributed by atoms with van der Waals surface area (Å²) in [6, 6.07) is 0.634. The molecule has 0 aromatic heterocycles. The number of ether oxygens (including phenoxy) is 1. The summed E-state index contributed by atoms with van der Waals surface area (Å²) in [6.07, 6.45) is 7.23. The standard InChI is InChI=1S/C21H39B3N4O3/c1-3-8-27-20(14-17(29)28(27)21(22,23)24)6-10-25(11-7-20)16-12-19(13-16)5-9-26(15-19)18(30)31-4-2/h16H,3-15,22-24H2,1-2H3. The lowest BCUT2D eigenvalue weighted by Gasteiger charge is -2.54. The Bertz CT molecular complexity index is 702. The van der Waals surface area contributed by atoms with E-state index in [1.165, 1.54) is 12.8 Å². The van der Waals surface area contributed by atoms with Gasteiger partial charge in [0.2, 0.25) is 5.91 Å². The fourth-order valence-electron chi connectivity index (χ4n) is 6.66. The molecule has 7 nitrogen and oxygen atoms in total. The van der Waals surface area contributed by atoms with Crippen LogP contribution in [0.4, 0.5) is 4.79 Å². The van der Waals surface area contributed by atoms with Crippen LogP contribution in [0.25, 0.3) is 0 Å². The average Bonchev–Trinajstić information content (AvgIpc) is 3.22. The Balaban J connectivity index is 1.33. The van der Waals surface area contributed by atoms with E-state index in [1.807, 2.05) is 11.8 Å². The molecule has 4 rings (SSSR count). The molecule has 2 spiro atoms. The molecular formula is C21H39B3N4O3. The van der Waals surface area contributed by atoms with Crippen molar-refractivity contribution in [2.45, 2.75) is 75.6 Å². The van der Waals surface area contributed by atoms with Crippen molar-refractivity contribution in [3.63, 3.8) is 0 Å². The van der Waals surface area contributed by atoms with E-state index >= 15 is 0 Å². The first kappa shape index (κ1) is 23.0. The lowest BCUT2D eigenvalue weighted by Crippen LogP contribution is -2.64. The van der Waals surface area contributed by atoms with Crippen LogP contribution >= 0.6 is 0 Å². The van der Waals surface area contributed by atoms with Gasteiger partial charge in [0.25, 0.3) is 0 Å². The third kappa shape index (κ3) is 4.14. The van der Waals surface area contributed by atoms with Gasteiger partial charge in [-0.15, -0.1) is 0 Å². The molecule has 3 saturated heterocycles. The van der Waals surface area contributed by atoms with Crippen LogP contribution in [-0.4, -0.2) is 112 Å². The Morgan fingerprint density at radius 2 is 1.81 bits per heavy atom. The van der Waals surface area contributed by atoms with Gasteiger partial charge in [-0.2, -0.15) is 0 Å². The van der Waals surface area contributed by atoms with Crippen LogP contribution in [0.3, 0.4) is 0 Å². The fraction of sp³-hybridized carbons (Fsp3) is 0.905. The molecule has 10 heteroatoms. The maximum atomic E-state index is 13.0. The second kappa shape index (κ2) is 8.33. The van der Waals surface area contributed by atoms with E-state index in [9.17, 15) is 9.59 Å². The van der Waals surface area contributed by atoms with Crippen LogP contribution in [0.15, 0.2) is 0 Å².